The van der Waals surface area contributed by atoms with E-state index in [1.807, 2.05) is 42.3 Å². The summed E-state index contributed by atoms with van der Waals surface area (Å²) < 4.78 is 0. The molecule has 6 heteroatoms. The van der Waals surface area contributed by atoms with E-state index >= 15 is 0 Å². The predicted molar refractivity (Wildman–Crippen MR) is 72.3 cm³/mol. The third kappa shape index (κ3) is 2.50. The molecule has 0 heterocycles. The van der Waals surface area contributed by atoms with Crippen molar-refractivity contribution in [3.8, 4) is 0 Å². The zero-order chi connectivity index (χ0) is 13.8. The summed E-state index contributed by atoms with van der Waals surface area (Å²) in [5.74, 6) is 0. The molecule has 0 atom stereocenters. The first kappa shape index (κ1) is 12.5. The average molecular weight is 255 g/mol. The standard InChI is InChI=1S/C13H11N4O2/c1-16(10-5-3-2-4-6-10)11-7-8-12(15-14)13(9-11)17(18)19/h2-9H,1H3/q+1. The molecule has 0 aliphatic heterocycles. The molecule has 0 amide bonds. The molecular weight excluding hydrogens is 244 g/mol. The lowest BCUT2D eigenvalue weighted by atomic mass is 10.2. The summed E-state index contributed by atoms with van der Waals surface area (Å²) in [4.78, 5) is 15.1. The van der Waals surface area contributed by atoms with Crippen LogP contribution in [0.3, 0.4) is 0 Å². The summed E-state index contributed by atoms with van der Waals surface area (Å²) in [6.07, 6.45) is 0. The Morgan fingerprint density at radius 1 is 1.16 bits per heavy atom. The molecule has 0 fully saturated rings. The van der Waals surface area contributed by atoms with Gasteiger partial charge in [-0.05, 0) is 18.2 Å². The van der Waals surface area contributed by atoms with Gasteiger partial charge >= 0.3 is 11.4 Å². The molecule has 0 bridgehead atoms. The fourth-order valence-corrected chi connectivity index (χ4v) is 1.75. The molecule has 0 saturated carbocycles. The van der Waals surface area contributed by atoms with Crippen LogP contribution in [0, 0.1) is 15.5 Å². The maximum Gasteiger partial charge on any atom is 0.461 e. The highest BCUT2D eigenvalue weighted by Gasteiger charge is 2.25. The molecule has 0 spiro atoms. The number of hydrogen-bond donors (Lipinski definition) is 0. The van der Waals surface area contributed by atoms with Crippen molar-refractivity contribution in [2.24, 2.45) is 0 Å². The van der Waals surface area contributed by atoms with Crippen LogP contribution >= 0.6 is 0 Å². The molecule has 2 aromatic carbocycles. The summed E-state index contributed by atoms with van der Waals surface area (Å²) in [5.41, 5.74) is 1.26. The van der Waals surface area contributed by atoms with Crippen molar-refractivity contribution in [3.63, 3.8) is 0 Å². The number of anilines is 2. The fraction of sp³-hybridized carbons (Fsp3) is 0.0769. The third-order valence-corrected chi connectivity index (χ3v) is 2.79. The van der Waals surface area contributed by atoms with E-state index in [1.54, 1.807) is 6.07 Å². The molecule has 0 aliphatic rings. The third-order valence-electron chi connectivity index (χ3n) is 2.79. The second-order valence-corrected chi connectivity index (χ2v) is 3.92. The monoisotopic (exact) mass is 255 g/mol. The second kappa shape index (κ2) is 5.14. The van der Waals surface area contributed by atoms with E-state index in [1.165, 1.54) is 12.1 Å². The van der Waals surface area contributed by atoms with Crippen LogP contribution in [0.4, 0.5) is 22.7 Å². The van der Waals surface area contributed by atoms with Crippen LogP contribution in [-0.2, 0) is 0 Å². The molecular formula is C13H11N4O2+. The van der Waals surface area contributed by atoms with Crippen LogP contribution in [0.25, 0.3) is 4.98 Å². The van der Waals surface area contributed by atoms with Gasteiger partial charge in [-0.25, -0.2) is 0 Å². The topological polar surface area (TPSA) is 74.5 Å². The molecule has 0 saturated heterocycles. The number of nitrogens with zero attached hydrogens (tertiary/aromatic N) is 4. The zero-order valence-electron chi connectivity index (χ0n) is 10.2. The predicted octanol–water partition coefficient (Wildman–Crippen LogP) is 3.85. The van der Waals surface area contributed by atoms with E-state index in [2.05, 4.69) is 4.98 Å². The Hall–Kier alpha value is -2.94. The van der Waals surface area contributed by atoms with E-state index in [0.717, 1.165) is 5.69 Å². The first-order valence-corrected chi connectivity index (χ1v) is 5.56. The number of nitro benzene ring substituents is 1. The van der Waals surface area contributed by atoms with Gasteiger partial charge in [-0.2, -0.15) is 0 Å². The van der Waals surface area contributed by atoms with Gasteiger partial charge in [-0.15, -0.1) is 0 Å². The molecule has 0 radical (unpaired) electrons. The van der Waals surface area contributed by atoms with Crippen LogP contribution in [0.2, 0.25) is 0 Å². The Morgan fingerprint density at radius 2 is 1.84 bits per heavy atom. The molecule has 0 aliphatic carbocycles. The van der Waals surface area contributed by atoms with Crippen molar-refractivity contribution in [1.29, 1.82) is 5.39 Å². The number of nitro groups is 1. The minimum absolute atomic E-state index is 0.0600. The van der Waals surface area contributed by atoms with Gasteiger partial charge in [0.25, 0.3) is 0 Å². The Bertz CT molecular complexity index is 649. The minimum Gasteiger partial charge on any atom is -0.344 e. The molecule has 2 rings (SSSR count). The van der Waals surface area contributed by atoms with Gasteiger partial charge in [-0.1, -0.05) is 18.2 Å². The Balaban J connectivity index is 2.45. The lowest BCUT2D eigenvalue weighted by molar-refractivity contribution is -0.383. The molecule has 0 unspecified atom stereocenters. The van der Waals surface area contributed by atoms with E-state index in [4.69, 9.17) is 5.39 Å². The lowest BCUT2D eigenvalue weighted by Gasteiger charge is -2.18. The first-order chi connectivity index (χ1) is 9.13. The average Bonchev–Trinajstić information content (AvgIpc) is 2.46. The van der Waals surface area contributed by atoms with Crippen LogP contribution < -0.4 is 4.90 Å². The Kier molecular flexibility index (Phi) is 3.39. The van der Waals surface area contributed by atoms with E-state index < -0.39 is 4.92 Å². The smallest absolute Gasteiger partial charge is 0.344 e. The molecule has 19 heavy (non-hydrogen) atoms. The van der Waals surface area contributed by atoms with Crippen LogP contribution in [0.5, 0.6) is 0 Å². The van der Waals surface area contributed by atoms with Crippen LogP contribution in [0.1, 0.15) is 0 Å². The highest BCUT2D eigenvalue weighted by Crippen LogP contribution is 2.33. The quantitative estimate of drug-likeness (QED) is 0.474. The Labute approximate surface area is 109 Å². The van der Waals surface area contributed by atoms with Crippen molar-refractivity contribution in [1.82, 2.24) is 0 Å². The number of benzene rings is 2. The molecule has 94 valence electrons. The first-order valence-electron chi connectivity index (χ1n) is 5.56. The summed E-state index contributed by atoms with van der Waals surface area (Å²) in [6.45, 7) is 0. The van der Waals surface area contributed by atoms with Gasteiger partial charge in [0, 0.05) is 30.6 Å². The van der Waals surface area contributed by atoms with Crippen molar-refractivity contribution >= 4 is 22.7 Å². The van der Waals surface area contributed by atoms with Gasteiger partial charge in [-0.3, -0.25) is 10.1 Å². The molecule has 0 aromatic heterocycles. The Morgan fingerprint density at radius 3 is 2.42 bits per heavy atom. The van der Waals surface area contributed by atoms with Crippen LogP contribution in [0.15, 0.2) is 48.5 Å². The van der Waals surface area contributed by atoms with Crippen molar-refractivity contribution in [2.45, 2.75) is 0 Å². The van der Waals surface area contributed by atoms with Gasteiger partial charge < -0.3 is 4.90 Å². The van der Waals surface area contributed by atoms with E-state index in [9.17, 15) is 10.1 Å². The summed E-state index contributed by atoms with van der Waals surface area (Å²) in [6, 6.07) is 13.9. The maximum atomic E-state index is 10.9. The molecule has 2 aromatic rings. The van der Waals surface area contributed by atoms with Crippen molar-refractivity contribution < 1.29 is 4.92 Å². The van der Waals surface area contributed by atoms with Gasteiger partial charge in [0.15, 0.2) is 4.98 Å². The van der Waals surface area contributed by atoms with Gasteiger partial charge in [0.1, 0.15) is 0 Å². The largest absolute Gasteiger partial charge is 0.461 e. The lowest BCUT2D eigenvalue weighted by Crippen LogP contribution is -2.09. The van der Waals surface area contributed by atoms with Crippen molar-refractivity contribution in [2.75, 3.05) is 11.9 Å². The molecule has 0 N–H and O–H groups in total. The number of hydrogen-bond acceptors (Lipinski definition) is 4. The highest BCUT2D eigenvalue weighted by molar-refractivity contribution is 5.72. The van der Waals surface area contributed by atoms with E-state index in [-0.39, 0.29) is 11.4 Å². The van der Waals surface area contributed by atoms with E-state index in [0.29, 0.717) is 5.69 Å². The number of diazo groups is 1. The summed E-state index contributed by atoms with van der Waals surface area (Å²) in [7, 11) is 1.81. The number of rotatable bonds is 3. The SMILES string of the molecule is CN(c1ccccc1)c1ccc([N+]#N)c([N+](=O)[O-])c1. The normalized spacial score (nSPS) is 9.68. The fourth-order valence-electron chi connectivity index (χ4n) is 1.75. The summed E-state index contributed by atoms with van der Waals surface area (Å²) in [5, 5.41) is 19.6. The second-order valence-electron chi connectivity index (χ2n) is 3.92. The maximum absolute atomic E-state index is 10.9. The van der Waals surface area contributed by atoms with Crippen molar-refractivity contribution in [3.05, 3.63) is 63.6 Å². The zero-order valence-corrected chi connectivity index (χ0v) is 10.2. The minimum atomic E-state index is -0.572. The molecule has 6 nitrogen and oxygen atoms in total. The summed E-state index contributed by atoms with van der Waals surface area (Å²) >= 11 is 0. The highest BCUT2D eigenvalue weighted by atomic mass is 16.6. The van der Waals surface area contributed by atoms with Crippen LogP contribution in [-0.4, -0.2) is 12.0 Å². The van der Waals surface area contributed by atoms with Gasteiger partial charge in [0.05, 0.1) is 4.92 Å². The number of para-hydroxylation sites is 1. The van der Waals surface area contributed by atoms with Gasteiger partial charge in [0.2, 0.25) is 5.39 Å².